The predicted molar refractivity (Wildman–Crippen MR) is 98.1 cm³/mol. The number of fused-ring (bicyclic) bond motifs is 1. The molecular weight excluding hydrogens is 318 g/mol. The molecule has 0 saturated heterocycles. The zero-order chi connectivity index (χ0) is 16.3. The van der Waals surface area contributed by atoms with Gasteiger partial charge >= 0.3 is 0 Å². The minimum Gasteiger partial charge on any atom is -0.368 e. The van der Waals surface area contributed by atoms with Crippen LogP contribution < -0.4 is 10.9 Å². The van der Waals surface area contributed by atoms with Gasteiger partial charge in [0.1, 0.15) is 4.99 Å². The van der Waals surface area contributed by atoms with Gasteiger partial charge in [-0.1, -0.05) is 24.4 Å². The quantitative estimate of drug-likeness (QED) is 0.825. The Morgan fingerprint density at radius 2 is 1.75 bits per heavy atom. The maximum atomic E-state index is 12.3. The summed E-state index contributed by atoms with van der Waals surface area (Å²) < 4.78 is 0. The number of para-hydroxylation sites is 1. The molecule has 4 saturated carbocycles. The summed E-state index contributed by atoms with van der Waals surface area (Å²) >= 11 is 5.63. The second-order valence-corrected chi connectivity index (χ2v) is 8.49. The minimum atomic E-state index is -0.120. The van der Waals surface area contributed by atoms with E-state index in [1.807, 2.05) is 18.2 Å². The topological polar surface area (TPSA) is 57.8 Å². The van der Waals surface area contributed by atoms with Crippen molar-refractivity contribution < 1.29 is 0 Å². The Bertz CT molecular complexity index is 852. The number of thiocarbonyl (C=S) groups is 1. The molecule has 1 aromatic heterocycles. The van der Waals surface area contributed by atoms with Crippen LogP contribution in [0.5, 0.6) is 0 Å². The van der Waals surface area contributed by atoms with Crippen molar-refractivity contribution in [3.63, 3.8) is 0 Å². The highest BCUT2D eigenvalue weighted by Crippen LogP contribution is 2.55. The molecule has 124 valence electrons. The van der Waals surface area contributed by atoms with E-state index >= 15 is 0 Å². The fourth-order valence-corrected chi connectivity index (χ4v) is 6.07. The van der Waals surface area contributed by atoms with Gasteiger partial charge in [0.25, 0.3) is 5.56 Å². The molecule has 0 unspecified atom stereocenters. The molecule has 2 aromatic rings. The molecule has 4 nitrogen and oxygen atoms in total. The highest BCUT2D eigenvalue weighted by Gasteiger charge is 2.51. The molecule has 1 heterocycles. The lowest BCUT2D eigenvalue weighted by Crippen LogP contribution is -2.59. The maximum Gasteiger partial charge on any atom is 0.259 e. The number of hydrogen-bond donors (Lipinski definition) is 2. The van der Waals surface area contributed by atoms with Gasteiger partial charge in [0.05, 0.1) is 10.9 Å². The van der Waals surface area contributed by atoms with Crippen LogP contribution in [0.15, 0.2) is 29.1 Å². The number of rotatable bonds is 2. The molecule has 4 aliphatic carbocycles. The molecule has 0 amide bonds. The smallest absolute Gasteiger partial charge is 0.259 e. The van der Waals surface area contributed by atoms with E-state index in [0.717, 1.165) is 17.8 Å². The van der Waals surface area contributed by atoms with Crippen LogP contribution in [0.2, 0.25) is 0 Å². The number of nitrogens with zero attached hydrogens (tertiary/aromatic N) is 1. The Morgan fingerprint density at radius 1 is 1.12 bits per heavy atom. The van der Waals surface area contributed by atoms with E-state index in [1.54, 1.807) is 6.07 Å². The summed E-state index contributed by atoms with van der Waals surface area (Å²) in [6.07, 6.45) is 7.86. The van der Waals surface area contributed by atoms with Gasteiger partial charge in [-0.15, -0.1) is 0 Å². The first kappa shape index (κ1) is 14.6. The molecule has 6 rings (SSSR count). The summed E-state index contributed by atoms with van der Waals surface area (Å²) in [7, 11) is 0. The van der Waals surface area contributed by atoms with Crippen molar-refractivity contribution in [3.05, 3.63) is 40.4 Å². The Kier molecular flexibility index (Phi) is 3.11. The molecule has 0 spiro atoms. The van der Waals surface area contributed by atoms with Gasteiger partial charge in [-0.05, 0) is 68.4 Å². The molecule has 5 heteroatoms. The van der Waals surface area contributed by atoms with Gasteiger partial charge < -0.3 is 10.3 Å². The number of aromatic nitrogens is 2. The Labute approximate surface area is 146 Å². The predicted octanol–water partition coefficient (Wildman–Crippen LogP) is 3.16. The van der Waals surface area contributed by atoms with Gasteiger partial charge in [-0.3, -0.25) is 4.79 Å². The number of aromatic amines is 1. The van der Waals surface area contributed by atoms with Crippen molar-refractivity contribution in [2.75, 3.05) is 0 Å². The van der Waals surface area contributed by atoms with Crippen LogP contribution in [0.1, 0.15) is 44.3 Å². The number of benzene rings is 1. The maximum absolute atomic E-state index is 12.3. The molecular formula is C19H21N3OS. The minimum absolute atomic E-state index is 0.120. The first-order valence-corrected chi connectivity index (χ1v) is 9.33. The molecule has 1 aromatic carbocycles. The SMILES string of the molecule is O=c1[nH]c(C(=S)NC23CC4CC(CC(C4)C2)C3)nc2ccccc12. The van der Waals surface area contributed by atoms with Gasteiger partial charge in [0.2, 0.25) is 0 Å². The summed E-state index contributed by atoms with van der Waals surface area (Å²) in [5.41, 5.74) is 0.715. The van der Waals surface area contributed by atoms with Gasteiger partial charge in [0, 0.05) is 5.54 Å². The lowest BCUT2D eigenvalue weighted by Gasteiger charge is -2.57. The Hall–Kier alpha value is -1.75. The van der Waals surface area contributed by atoms with Crippen LogP contribution in [0.25, 0.3) is 10.9 Å². The average Bonchev–Trinajstić information content (AvgIpc) is 2.53. The largest absolute Gasteiger partial charge is 0.368 e. The summed E-state index contributed by atoms with van der Waals surface area (Å²) in [6.45, 7) is 0. The van der Waals surface area contributed by atoms with E-state index < -0.39 is 0 Å². The van der Waals surface area contributed by atoms with Crippen LogP contribution >= 0.6 is 12.2 Å². The average molecular weight is 339 g/mol. The number of hydrogen-bond acceptors (Lipinski definition) is 3. The van der Waals surface area contributed by atoms with Crippen molar-refractivity contribution >= 4 is 28.1 Å². The fourth-order valence-electron chi connectivity index (χ4n) is 5.76. The second kappa shape index (κ2) is 5.12. The molecule has 4 bridgehead atoms. The molecule has 0 atom stereocenters. The van der Waals surface area contributed by atoms with E-state index in [-0.39, 0.29) is 11.1 Å². The third-order valence-electron chi connectivity index (χ3n) is 6.24. The van der Waals surface area contributed by atoms with E-state index in [2.05, 4.69) is 15.3 Å². The molecule has 24 heavy (non-hydrogen) atoms. The molecule has 4 aliphatic rings. The summed E-state index contributed by atoms with van der Waals surface area (Å²) in [5, 5.41) is 4.24. The van der Waals surface area contributed by atoms with Crippen LogP contribution in [-0.4, -0.2) is 20.5 Å². The zero-order valence-electron chi connectivity index (χ0n) is 13.5. The molecule has 0 radical (unpaired) electrons. The van der Waals surface area contributed by atoms with E-state index in [1.165, 1.54) is 38.5 Å². The first-order chi connectivity index (χ1) is 11.6. The molecule has 4 fully saturated rings. The number of H-pyrrole nitrogens is 1. The van der Waals surface area contributed by atoms with E-state index in [9.17, 15) is 4.79 Å². The van der Waals surface area contributed by atoms with Crippen molar-refractivity contribution in [3.8, 4) is 0 Å². The van der Waals surface area contributed by atoms with Crippen LogP contribution in [0.3, 0.4) is 0 Å². The Morgan fingerprint density at radius 3 is 2.42 bits per heavy atom. The van der Waals surface area contributed by atoms with Crippen molar-refractivity contribution in [2.45, 2.75) is 44.1 Å². The van der Waals surface area contributed by atoms with Crippen LogP contribution in [0.4, 0.5) is 0 Å². The first-order valence-electron chi connectivity index (χ1n) is 8.92. The van der Waals surface area contributed by atoms with Gasteiger partial charge in [-0.25, -0.2) is 4.98 Å². The van der Waals surface area contributed by atoms with Crippen molar-refractivity contribution in [1.29, 1.82) is 0 Å². The van der Waals surface area contributed by atoms with Gasteiger partial charge in [-0.2, -0.15) is 0 Å². The van der Waals surface area contributed by atoms with Gasteiger partial charge in [0.15, 0.2) is 5.82 Å². The zero-order valence-corrected chi connectivity index (χ0v) is 14.4. The second-order valence-electron chi connectivity index (χ2n) is 8.08. The highest BCUT2D eigenvalue weighted by molar-refractivity contribution is 7.80. The van der Waals surface area contributed by atoms with Crippen molar-refractivity contribution in [2.24, 2.45) is 17.8 Å². The summed E-state index contributed by atoms with van der Waals surface area (Å²) in [5.74, 6) is 3.07. The monoisotopic (exact) mass is 339 g/mol. The number of nitrogens with one attached hydrogen (secondary N) is 2. The third-order valence-corrected chi connectivity index (χ3v) is 6.54. The lowest BCUT2D eigenvalue weighted by molar-refractivity contribution is -0.00970. The van der Waals surface area contributed by atoms with Crippen LogP contribution in [-0.2, 0) is 0 Å². The van der Waals surface area contributed by atoms with Crippen LogP contribution in [0, 0.1) is 17.8 Å². The fraction of sp³-hybridized carbons (Fsp3) is 0.526. The molecule has 0 aliphatic heterocycles. The summed E-state index contributed by atoms with van der Waals surface area (Å²) in [4.78, 5) is 20.3. The van der Waals surface area contributed by atoms with E-state index in [4.69, 9.17) is 12.2 Å². The van der Waals surface area contributed by atoms with Crippen molar-refractivity contribution in [1.82, 2.24) is 15.3 Å². The highest BCUT2D eigenvalue weighted by atomic mass is 32.1. The standard InChI is InChI=1S/C19H21N3OS/c23-17-14-3-1-2-4-15(14)20-16(21-17)18(24)22-19-8-11-5-12(9-19)7-13(6-11)10-19/h1-4,11-13H,5-10H2,(H,22,24)(H,20,21,23). The molecule has 2 N–H and O–H groups in total. The third kappa shape index (κ3) is 2.29. The van der Waals surface area contributed by atoms with E-state index in [0.29, 0.717) is 21.7 Å². The summed E-state index contributed by atoms with van der Waals surface area (Å²) in [6, 6.07) is 7.40. The normalized spacial score (nSPS) is 33.8. The lowest BCUT2D eigenvalue weighted by atomic mass is 9.53. The Balaban J connectivity index is 1.46.